The van der Waals surface area contributed by atoms with E-state index in [1.54, 1.807) is 0 Å². The minimum Gasteiger partial charge on any atom is -0.448 e. The van der Waals surface area contributed by atoms with E-state index >= 15 is 0 Å². The number of hydrogen-bond acceptors (Lipinski definition) is 5. The highest BCUT2D eigenvalue weighted by atomic mass is 16.6. The van der Waals surface area contributed by atoms with Gasteiger partial charge < -0.3 is 25.8 Å². The van der Waals surface area contributed by atoms with Gasteiger partial charge in [-0.25, -0.2) is 9.59 Å². The quantitative estimate of drug-likeness (QED) is 0.668. The van der Waals surface area contributed by atoms with Gasteiger partial charge in [-0.3, -0.25) is 0 Å². The van der Waals surface area contributed by atoms with Gasteiger partial charge in [0.2, 0.25) is 0 Å². The number of carbonyl (C=O) groups excluding carboxylic acids is 2. The summed E-state index contributed by atoms with van der Waals surface area (Å²) in [6.07, 6.45) is 2.66. The van der Waals surface area contributed by atoms with Crippen LogP contribution in [0.4, 0.5) is 9.59 Å². The first-order chi connectivity index (χ1) is 9.76. The standard InChI is InChI=1S/C14H27N3O4/c1-14(2,3)21-13(19)17-11-6-4-10(5-7-11)16-8-9-20-12(15)18/h10-11,16H,4-9H2,1-3H3,(H2,15,18)(H,17,19). The largest absolute Gasteiger partial charge is 0.448 e. The Morgan fingerprint density at radius 1 is 1.14 bits per heavy atom. The molecule has 7 heteroatoms. The van der Waals surface area contributed by atoms with Gasteiger partial charge in [0.05, 0.1) is 0 Å². The molecule has 7 nitrogen and oxygen atoms in total. The summed E-state index contributed by atoms with van der Waals surface area (Å²) in [4.78, 5) is 22.1. The fraction of sp³-hybridized carbons (Fsp3) is 0.857. The van der Waals surface area contributed by atoms with E-state index in [1.165, 1.54) is 0 Å². The number of primary amides is 1. The molecule has 0 aliphatic heterocycles. The van der Waals surface area contributed by atoms with Crippen molar-refractivity contribution in [3.05, 3.63) is 0 Å². The Morgan fingerprint density at radius 3 is 2.24 bits per heavy atom. The van der Waals surface area contributed by atoms with Gasteiger partial charge >= 0.3 is 12.2 Å². The van der Waals surface area contributed by atoms with Gasteiger partial charge in [-0.05, 0) is 46.5 Å². The first-order valence-corrected chi connectivity index (χ1v) is 7.41. The minimum atomic E-state index is -0.748. The van der Waals surface area contributed by atoms with Crippen molar-refractivity contribution >= 4 is 12.2 Å². The Hall–Kier alpha value is -1.50. The summed E-state index contributed by atoms with van der Waals surface area (Å²) in [7, 11) is 0. The predicted molar refractivity (Wildman–Crippen MR) is 79.0 cm³/mol. The number of nitrogens with two attached hydrogens (primary N) is 1. The van der Waals surface area contributed by atoms with E-state index in [9.17, 15) is 9.59 Å². The Bertz CT molecular complexity index is 347. The van der Waals surface area contributed by atoms with Crippen LogP contribution in [0.25, 0.3) is 0 Å². The lowest BCUT2D eigenvalue weighted by atomic mass is 9.91. The number of ether oxygens (including phenoxy) is 2. The highest BCUT2D eigenvalue weighted by Crippen LogP contribution is 2.19. The zero-order valence-corrected chi connectivity index (χ0v) is 13.1. The third kappa shape index (κ3) is 8.39. The first kappa shape index (κ1) is 17.6. The van der Waals surface area contributed by atoms with Crippen molar-refractivity contribution in [1.29, 1.82) is 0 Å². The maximum Gasteiger partial charge on any atom is 0.407 e. The average molecular weight is 301 g/mol. The Kier molecular flexibility index (Phi) is 6.74. The van der Waals surface area contributed by atoms with Gasteiger partial charge in [0.1, 0.15) is 12.2 Å². The van der Waals surface area contributed by atoms with Crippen molar-refractivity contribution in [2.45, 2.75) is 64.1 Å². The van der Waals surface area contributed by atoms with Crippen molar-refractivity contribution in [3.63, 3.8) is 0 Å². The molecule has 1 rings (SSSR count). The molecule has 0 bridgehead atoms. The van der Waals surface area contributed by atoms with Gasteiger partial charge in [-0.2, -0.15) is 0 Å². The van der Waals surface area contributed by atoms with E-state index in [4.69, 9.17) is 10.5 Å². The third-order valence-corrected chi connectivity index (χ3v) is 3.23. The zero-order valence-electron chi connectivity index (χ0n) is 13.1. The number of carbonyl (C=O) groups is 2. The van der Waals surface area contributed by atoms with E-state index < -0.39 is 11.7 Å². The van der Waals surface area contributed by atoms with Gasteiger partial charge in [0, 0.05) is 18.6 Å². The molecular weight excluding hydrogens is 274 g/mol. The monoisotopic (exact) mass is 301 g/mol. The predicted octanol–water partition coefficient (Wildman–Crippen LogP) is 1.51. The van der Waals surface area contributed by atoms with E-state index in [0.717, 1.165) is 25.7 Å². The van der Waals surface area contributed by atoms with Crippen LogP contribution in [0.5, 0.6) is 0 Å². The summed E-state index contributed by atoms with van der Waals surface area (Å²) in [5.41, 5.74) is 4.41. The molecule has 0 unspecified atom stereocenters. The number of nitrogens with one attached hydrogen (secondary N) is 2. The number of rotatable bonds is 5. The minimum absolute atomic E-state index is 0.166. The van der Waals surface area contributed by atoms with Crippen LogP contribution in [0, 0.1) is 0 Å². The molecule has 0 radical (unpaired) electrons. The highest BCUT2D eigenvalue weighted by Gasteiger charge is 2.24. The maximum atomic E-state index is 11.7. The summed E-state index contributed by atoms with van der Waals surface area (Å²) >= 11 is 0. The molecule has 1 aliphatic carbocycles. The summed E-state index contributed by atoms with van der Waals surface area (Å²) in [6, 6.07) is 0.554. The first-order valence-electron chi connectivity index (χ1n) is 7.41. The normalized spacial score (nSPS) is 22.4. The van der Waals surface area contributed by atoms with Crippen LogP contribution >= 0.6 is 0 Å². The van der Waals surface area contributed by atoms with E-state index in [-0.39, 0.29) is 18.7 Å². The molecule has 4 N–H and O–H groups in total. The molecule has 0 saturated heterocycles. The van der Waals surface area contributed by atoms with E-state index in [2.05, 4.69) is 15.4 Å². The second kappa shape index (κ2) is 8.07. The summed E-state index contributed by atoms with van der Waals surface area (Å²) in [5, 5.41) is 6.22. The van der Waals surface area contributed by atoms with E-state index in [0.29, 0.717) is 12.6 Å². The van der Waals surface area contributed by atoms with Crippen LogP contribution in [0.15, 0.2) is 0 Å². The molecule has 0 aromatic carbocycles. The molecule has 0 atom stereocenters. The van der Waals surface area contributed by atoms with Crippen molar-refractivity contribution in [1.82, 2.24) is 10.6 Å². The highest BCUT2D eigenvalue weighted by molar-refractivity contribution is 5.68. The van der Waals surface area contributed by atoms with Crippen molar-refractivity contribution in [2.24, 2.45) is 5.73 Å². The molecule has 21 heavy (non-hydrogen) atoms. The van der Waals surface area contributed by atoms with Crippen LogP contribution in [0.1, 0.15) is 46.5 Å². The topological polar surface area (TPSA) is 103 Å². The molecule has 1 saturated carbocycles. The lowest BCUT2D eigenvalue weighted by Gasteiger charge is -2.30. The van der Waals surface area contributed by atoms with E-state index in [1.807, 2.05) is 20.8 Å². The fourth-order valence-corrected chi connectivity index (χ4v) is 2.33. The molecule has 0 heterocycles. The maximum absolute atomic E-state index is 11.7. The van der Waals surface area contributed by atoms with Crippen LogP contribution in [0.3, 0.4) is 0 Å². The zero-order chi connectivity index (χ0) is 15.9. The van der Waals surface area contributed by atoms with Gasteiger partial charge in [-0.1, -0.05) is 0 Å². The Labute approximate surface area is 125 Å². The second-order valence-corrected chi connectivity index (χ2v) is 6.32. The molecule has 1 aliphatic rings. The fourth-order valence-electron chi connectivity index (χ4n) is 2.33. The molecule has 122 valence electrons. The number of amides is 2. The van der Waals surface area contributed by atoms with Crippen LogP contribution < -0.4 is 16.4 Å². The summed E-state index contributed by atoms with van der Waals surface area (Å²) < 4.78 is 9.90. The van der Waals surface area contributed by atoms with Gasteiger partial charge in [-0.15, -0.1) is 0 Å². The molecule has 1 fully saturated rings. The Morgan fingerprint density at radius 2 is 1.71 bits per heavy atom. The molecular formula is C14H27N3O4. The smallest absolute Gasteiger partial charge is 0.407 e. The van der Waals surface area contributed by atoms with Crippen LogP contribution in [-0.4, -0.2) is 43.0 Å². The van der Waals surface area contributed by atoms with Crippen LogP contribution in [0.2, 0.25) is 0 Å². The molecule has 0 aromatic rings. The lowest BCUT2D eigenvalue weighted by Crippen LogP contribution is -2.44. The van der Waals surface area contributed by atoms with Crippen molar-refractivity contribution < 1.29 is 19.1 Å². The third-order valence-electron chi connectivity index (χ3n) is 3.23. The lowest BCUT2D eigenvalue weighted by molar-refractivity contribution is 0.0489. The summed E-state index contributed by atoms with van der Waals surface area (Å²) in [6.45, 7) is 6.42. The average Bonchev–Trinajstić information content (AvgIpc) is 2.34. The molecule has 0 aromatic heterocycles. The van der Waals surface area contributed by atoms with Crippen molar-refractivity contribution in [2.75, 3.05) is 13.2 Å². The number of hydrogen-bond donors (Lipinski definition) is 3. The second-order valence-electron chi connectivity index (χ2n) is 6.32. The molecule has 0 spiro atoms. The van der Waals surface area contributed by atoms with Gasteiger partial charge in [0.25, 0.3) is 0 Å². The SMILES string of the molecule is CC(C)(C)OC(=O)NC1CCC(NCCOC(N)=O)CC1. The van der Waals surface area contributed by atoms with Crippen molar-refractivity contribution in [3.8, 4) is 0 Å². The van der Waals surface area contributed by atoms with Gasteiger partial charge in [0.15, 0.2) is 0 Å². The van der Waals surface area contributed by atoms with Crippen LogP contribution in [-0.2, 0) is 9.47 Å². The summed E-state index contributed by atoms with van der Waals surface area (Å²) in [5.74, 6) is 0. The molecule has 2 amide bonds. The Balaban J connectivity index is 2.14. The number of alkyl carbamates (subject to hydrolysis) is 1.